The highest BCUT2D eigenvalue weighted by Crippen LogP contribution is 2.10. The van der Waals surface area contributed by atoms with E-state index in [1.807, 2.05) is 6.07 Å². The van der Waals surface area contributed by atoms with Crippen molar-refractivity contribution in [3.05, 3.63) is 59.5 Å². The molecule has 2 rings (SSSR count). The summed E-state index contributed by atoms with van der Waals surface area (Å²) >= 11 is 0. The van der Waals surface area contributed by atoms with Gasteiger partial charge >= 0.3 is 0 Å². The summed E-state index contributed by atoms with van der Waals surface area (Å²) in [6.07, 6.45) is 1.53. The molecule has 0 fully saturated rings. The highest BCUT2D eigenvalue weighted by Gasteiger charge is 2.13. The lowest BCUT2D eigenvalue weighted by molar-refractivity contribution is 0.575. The number of nitrogens with zero attached hydrogens (tertiary/aromatic N) is 2. The summed E-state index contributed by atoms with van der Waals surface area (Å²) in [4.78, 5) is 4.00. The van der Waals surface area contributed by atoms with E-state index >= 15 is 0 Å². The van der Waals surface area contributed by atoms with Crippen molar-refractivity contribution in [2.24, 2.45) is 0 Å². The maximum absolute atomic E-state index is 13.5. The number of aromatic nitrogens is 1. The molecule has 8 heteroatoms. The summed E-state index contributed by atoms with van der Waals surface area (Å²) < 4.78 is 39.7. The molecule has 1 aromatic carbocycles. The SMILES string of the molecule is N#Cc1cccnc1NCCNS(=O)(=O)Cc1ccccc1F. The molecule has 6 nitrogen and oxygen atoms in total. The third-order valence-electron chi connectivity index (χ3n) is 2.97. The molecule has 0 unspecified atom stereocenters. The van der Waals surface area contributed by atoms with Crippen LogP contribution in [0.5, 0.6) is 0 Å². The Labute approximate surface area is 134 Å². The zero-order valence-corrected chi connectivity index (χ0v) is 13.0. The summed E-state index contributed by atoms with van der Waals surface area (Å²) in [6, 6.07) is 11.0. The molecule has 0 bridgehead atoms. The number of hydrogen-bond donors (Lipinski definition) is 2. The van der Waals surface area contributed by atoms with Crippen LogP contribution < -0.4 is 10.0 Å². The van der Waals surface area contributed by atoms with Crippen LogP contribution in [0.2, 0.25) is 0 Å². The van der Waals surface area contributed by atoms with Crippen LogP contribution in [0, 0.1) is 17.1 Å². The van der Waals surface area contributed by atoms with Gasteiger partial charge in [0.05, 0.1) is 11.3 Å². The second-order valence-electron chi connectivity index (χ2n) is 4.68. The molecule has 0 aliphatic carbocycles. The van der Waals surface area contributed by atoms with E-state index in [1.165, 1.54) is 24.4 Å². The van der Waals surface area contributed by atoms with Gasteiger partial charge in [0.15, 0.2) is 0 Å². The Bertz CT molecular complexity index is 818. The zero-order valence-electron chi connectivity index (χ0n) is 12.2. The summed E-state index contributed by atoms with van der Waals surface area (Å²) in [6.45, 7) is 0.348. The maximum Gasteiger partial charge on any atom is 0.215 e. The highest BCUT2D eigenvalue weighted by molar-refractivity contribution is 7.88. The predicted molar refractivity (Wildman–Crippen MR) is 84.5 cm³/mol. The highest BCUT2D eigenvalue weighted by atomic mass is 32.2. The Hall–Kier alpha value is -2.50. The first-order valence-corrected chi connectivity index (χ1v) is 8.47. The number of nitrogens with one attached hydrogen (secondary N) is 2. The van der Waals surface area contributed by atoms with Crippen LogP contribution in [-0.4, -0.2) is 26.5 Å². The number of pyridine rings is 1. The Morgan fingerprint density at radius 1 is 1.17 bits per heavy atom. The molecule has 120 valence electrons. The fraction of sp³-hybridized carbons (Fsp3) is 0.200. The zero-order chi connectivity index (χ0) is 16.7. The van der Waals surface area contributed by atoms with E-state index in [2.05, 4.69) is 15.0 Å². The van der Waals surface area contributed by atoms with Gasteiger partial charge < -0.3 is 5.32 Å². The topological polar surface area (TPSA) is 94.9 Å². The van der Waals surface area contributed by atoms with Gasteiger partial charge in [-0.25, -0.2) is 22.5 Å². The summed E-state index contributed by atoms with van der Waals surface area (Å²) in [7, 11) is -3.64. The monoisotopic (exact) mass is 334 g/mol. The first-order valence-electron chi connectivity index (χ1n) is 6.81. The third kappa shape index (κ3) is 5.02. The smallest absolute Gasteiger partial charge is 0.215 e. The van der Waals surface area contributed by atoms with Gasteiger partial charge in [-0.1, -0.05) is 18.2 Å². The van der Waals surface area contributed by atoms with Crippen molar-refractivity contribution in [3.63, 3.8) is 0 Å². The number of anilines is 1. The van der Waals surface area contributed by atoms with E-state index in [4.69, 9.17) is 5.26 Å². The van der Waals surface area contributed by atoms with Gasteiger partial charge in [-0.2, -0.15) is 5.26 Å². The van der Waals surface area contributed by atoms with Crippen molar-refractivity contribution in [3.8, 4) is 6.07 Å². The van der Waals surface area contributed by atoms with Crippen LogP contribution in [0.25, 0.3) is 0 Å². The molecule has 2 N–H and O–H groups in total. The molecular weight excluding hydrogens is 319 g/mol. The molecule has 0 atom stereocenters. The van der Waals surface area contributed by atoms with Crippen LogP contribution >= 0.6 is 0 Å². The van der Waals surface area contributed by atoms with Crippen molar-refractivity contribution in [2.45, 2.75) is 5.75 Å². The van der Waals surface area contributed by atoms with E-state index in [9.17, 15) is 12.8 Å². The molecule has 23 heavy (non-hydrogen) atoms. The second kappa shape index (κ2) is 7.67. The molecule has 0 aliphatic rings. The number of sulfonamides is 1. The number of halogens is 1. The average molecular weight is 334 g/mol. The Kier molecular flexibility index (Phi) is 5.62. The molecule has 0 amide bonds. The van der Waals surface area contributed by atoms with E-state index in [-0.39, 0.29) is 18.7 Å². The van der Waals surface area contributed by atoms with Gasteiger partial charge in [0.1, 0.15) is 17.7 Å². The Morgan fingerprint density at radius 2 is 1.96 bits per heavy atom. The summed E-state index contributed by atoms with van der Waals surface area (Å²) in [5, 5.41) is 11.8. The lowest BCUT2D eigenvalue weighted by Gasteiger charge is -2.09. The molecular formula is C15H15FN4O2S. The van der Waals surface area contributed by atoms with Crippen LogP contribution in [0.15, 0.2) is 42.6 Å². The number of benzene rings is 1. The Morgan fingerprint density at radius 3 is 2.70 bits per heavy atom. The van der Waals surface area contributed by atoms with Crippen molar-refractivity contribution < 1.29 is 12.8 Å². The van der Waals surface area contributed by atoms with Gasteiger partial charge in [-0.05, 0) is 18.2 Å². The maximum atomic E-state index is 13.5. The summed E-state index contributed by atoms with van der Waals surface area (Å²) in [5.41, 5.74) is 0.492. The van der Waals surface area contributed by atoms with Crippen LogP contribution in [-0.2, 0) is 15.8 Å². The third-order valence-corrected chi connectivity index (χ3v) is 4.31. The first-order chi connectivity index (χ1) is 11.0. The average Bonchev–Trinajstić information content (AvgIpc) is 2.54. The number of hydrogen-bond acceptors (Lipinski definition) is 5. The van der Waals surface area contributed by atoms with Crippen molar-refractivity contribution in [2.75, 3.05) is 18.4 Å². The van der Waals surface area contributed by atoms with Crippen LogP contribution in [0.1, 0.15) is 11.1 Å². The van der Waals surface area contributed by atoms with E-state index in [0.29, 0.717) is 11.4 Å². The predicted octanol–water partition coefficient (Wildman–Crippen LogP) is 1.62. The van der Waals surface area contributed by atoms with E-state index < -0.39 is 21.6 Å². The lowest BCUT2D eigenvalue weighted by atomic mass is 10.2. The molecule has 0 saturated carbocycles. The van der Waals surface area contributed by atoms with Gasteiger partial charge in [0.2, 0.25) is 10.0 Å². The van der Waals surface area contributed by atoms with Crippen molar-refractivity contribution in [1.29, 1.82) is 5.26 Å². The van der Waals surface area contributed by atoms with Crippen molar-refractivity contribution >= 4 is 15.8 Å². The van der Waals surface area contributed by atoms with Crippen LogP contribution in [0.3, 0.4) is 0 Å². The van der Waals surface area contributed by atoms with Crippen molar-refractivity contribution in [1.82, 2.24) is 9.71 Å². The minimum atomic E-state index is -3.64. The molecule has 0 spiro atoms. The second-order valence-corrected chi connectivity index (χ2v) is 6.49. The molecule has 0 aliphatic heterocycles. The standard InChI is InChI=1S/C15H15FN4O2S/c16-14-6-2-1-4-13(14)11-23(21,22)20-9-8-19-15-12(10-17)5-3-7-18-15/h1-7,20H,8-9,11H2,(H,18,19). The minimum absolute atomic E-state index is 0.0955. The normalized spacial score (nSPS) is 11.0. The lowest BCUT2D eigenvalue weighted by Crippen LogP contribution is -2.30. The molecule has 0 radical (unpaired) electrons. The molecule has 1 aromatic heterocycles. The van der Waals surface area contributed by atoms with Crippen LogP contribution in [0.4, 0.5) is 10.2 Å². The first kappa shape index (κ1) is 16.9. The molecule has 2 aromatic rings. The molecule has 0 saturated heterocycles. The quantitative estimate of drug-likeness (QED) is 0.750. The van der Waals surface area contributed by atoms with Gasteiger partial charge in [0.25, 0.3) is 0 Å². The minimum Gasteiger partial charge on any atom is -0.368 e. The largest absolute Gasteiger partial charge is 0.368 e. The molecule has 1 heterocycles. The number of nitriles is 1. The van der Waals surface area contributed by atoms with Gasteiger partial charge in [-0.3, -0.25) is 0 Å². The Balaban J connectivity index is 1.86. The fourth-order valence-corrected chi connectivity index (χ4v) is 3.05. The van der Waals surface area contributed by atoms with Gasteiger partial charge in [0, 0.05) is 24.8 Å². The van der Waals surface area contributed by atoms with Gasteiger partial charge in [-0.15, -0.1) is 0 Å². The number of rotatable bonds is 7. The fourth-order valence-electron chi connectivity index (χ4n) is 1.90. The summed E-state index contributed by atoms with van der Waals surface area (Å²) in [5.74, 6) is -0.585. The van der Waals surface area contributed by atoms with E-state index in [1.54, 1.807) is 18.2 Å². The van der Waals surface area contributed by atoms with E-state index in [0.717, 1.165) is 0 Å².